The van der Waals surface area contributed by atoms with Gasteiger partial charge in [-0.15, -0.1) is 0 Å². The lowest BCUT2D eigenvalue weighted by molar-refractivity contribution is 1.05. The normalized spacial score (nSPS) is 11.4. The molecule has 5 heteroatoms. The highest BCUT2D eigenvalue weighted by Gasteiger charge is 2.19. The van der Waals surface area contributed by atoms with E-state index >= 15 is 0 Å². The van der Waals surface area contributed by atoms with Crippen LogP contribution in [0.1, 0.15) is 0 Å². The molecule has 5 aromatic carbocycles. The van der Waals surface area contributed by atoms with Crippen LogP contribution >= 0.6 is 0 Å². The Morgan fingerprint density at radius 1 is 0.568 bits per heavy atom. The van der Waals surface area contributed by atoms with Crippen molar-refractivity contribution in [2.75, 3.05) is 4.90 Å². The molecule has 0 aliphatic carbocycles. The molecule has 2 heterocycles. The highest BCUT2D eigenvalue weighted by molar-refractivity contribution is 5.91. The first-order valence-electron chi connectivity index (χ1n) is 12.2. The maximum atomic E-state index is 13.9. The minimum absolute atomic E-state index is 0.0802. The van der Waals surface area contributed by atoms with Crippen molar-refractivity contribution in [3.05, 3.63) is 144 Å². The van der Waals surface area contributed by atoms with Gasteiger partial charge in [0.25, 0.3) is 5.56 Å². The van der Waals surface area contributed by atoms with Gasteiger partial charge in [0.1, 0.15) is 0 Å². The topological polar surface area (TPSA) is 42.5 Å². The maximum Gasteiger partial charge on any atom is 0.267 e. The molecule has 0 fully saturated rings. The van der Waals surface area contributed by atoms with Gasteiger partial charge in [-0.25, -0.2) is 9.38 Å². The standard InChI is InChI=1S/C32H22N4O/c37-31-27-18-10-11-19-28(27)33-32-35(25-16-8-3-9-17-25)29-21-20-26(22-30(29)36(31)32)34(23-12-4-1-5-13-23)24-14-6-2-7-15-24/h1-22H. The molecule has 0 unspecified atom stereocenters. The van der Waals surface area contributed by atoms with Gasteiger partial charge >= 0.3 is 0 Å². The van der Waals surface area contributed by atoms with Gasteiger partial charge in [-0.05, 0) is 66.7 Å². The number of benzene rings is 5. The van der Waals surface area contributed by atoms with Crippen LogP contribution in [-0.2, 0) is 0 Å². The monoisotopic (exact) mass is 478 g/mol. The van der Waals surface area contributed by atoms with Crippen LogP contribution in [0.2, 0.25) is 0 Å². The first kappa shape index (κ1) is 21.1. The smallest absolute Gasteiger partial charge is 0.267 e. The summed E-state index contributed by atoms with van der Waals surface area (Å²) in [5.74, 6) is 0.591. The Hall–Kier alpha value is -5.16. The third-order valence-electron chi connectivity index (χ3n) is 6.70. The zero-order valence-electron chi connectivity index (χ0n) is 19.9. The Balaban J connectivity index is 1.58. The van der Waals surface area contributed by atoms with Crippen molar-refractivity contribution in [3.63, 3.8) is 0 Å². The summed E-state index contributed by atoms with van der Waals surface area (Å²) in [5.41, 5.74) is 6.30. The molecular weight excluding hydrogens is 456 g/mol. The van der Waals surface area contributed by atoms with Gasteiger partial charge in [-0.1, -0.05) is 66.7 Å². The summed E-state index contributed by atoms with van der Waals surface area (Å²) in [6.45, 7) is 0. The summed E-state index contributed by atoms with van der Waals surface area (Å²) < 4.78 is 3.80. The number of rotatable bonds is 4. The Morgan fingerprint density at radius 3 is 1.84 bits per heavy atom. The number of anilines is 3. The van der Waals surface area contributed by atoms with Gasteiger partial charge in [-0.2, -0.15) is 0 Å². The SMILES string of the molecule is O=c1c2ccccc2nc2n(-c3ccccc3)c3ccc(N(c4ccccc4)c4ccccc4)cc3n12. The van der Waals surface area contributed by atoms with E-state index in [2.05, 4.69) is 51.9 Å². The third-order valence-corrected chi connectivity index (χ3v) is 6.70. The molecule has 0 radical (unpaired) electrons. The molecular formula is C32H22N4O. The largest absolute Gasteiger partial charge is 0.310 e. The van der Waals surface area contributed by atoms with Gasteiger partial charge in [0, 0.05) is 22.7 Å². The number of para-hydroxylation sites is 4. The zero-order valence-corrected chi connectivity index (χ0v) is 19.9. The molecule has 0 saturated heterocycles. The molecule has 7 rings (SSSR count). The molecule has 0 bridgehead atoms. The van der Waals surface area contributed by atoms with Crippen LogP contribution in [0.5, 0.6) is 0 Å². The zero-order chi connectivity index (χ0) is 24.8. The Labute approximate surface area is 213 Å². The van der Waals surface area contributed by atoms with E-state index in [0.717, 1.165) is 33.8 Å². The number of hydrogen-bond donors (Lipinski definition) is 0. The fourth-order valence-electron chi connectivity index (χ4n) is 5.05. The molecule has 176 valence electrons. The molecule has 0 aliphatic rings. The van der Waals surface area contributed by atoms with Gasteiger partial charge in [0.2, 0.25) is 5.78 Å². The average molecular weight is 479 g/mol. The van der Waals surface area contributed by atoms with Crippen LogP contribution in [0.3, 0.4) is 0 Å². The van der Waals surface area contributed by atoms with E-state index in [1.54, 1.807) is 4.40 Å². The van der Waals surface area contributed by atoms with Gasteiger partial charge in [0.15, 0.2) is 0 Å². The molecule has 0 N–H and O–H groups in total. The second kappa shape index (κ2) is 8.50. The summed E-state index contributed by atoms with van der Waals surface area (Å²) >= 11 is 0. The van der Waals surface area contributed by atoms with Crippen LogP contribution in [0, 0.1) is 0 Å². The van der Waals surface area contributed by atoms with Crippen LogP contribution in [0.4, 0.5) is 17.1 Å². The van der Waals surface area contributed by atoms with E-state index in [1.165, 1.54) is 0 Å². The molecule has 0 amide bonds. The van der Waals surface area contributed by atoms with Crippen molar-refractivity contribution in [2.45, 2.75) is 0 Å². The quantitative estimate of drug-likeness (QED) is 0.267. The molecule has 0 aliphatic heterocycles. The van der Waals surface area contributed by atoms with Gasteiger partial charge in [0.05, 0.1) is 21.9 Å². The second-order valence-electron chi connectivity index (χ2n) is 8.92. The molecule has 0 saturated carbocycles. The summed E-state index contributed by atoms with van der Waals surface area (Å²) in [7, 11) is 0. The Bertz CT molecular complexity index is 1900. The van der Waals surface area contributed by atoms with Crippen molar-refractivity contribution in [2.24, 2.45) is 0 Å². The first-order chi connectivity index (χ1) is 18.3. The highest BCUT2D eigenvalue weighted by Crippen LogP contribution is 2.36. The van der Waals surface area contributed by atoms with Crippen molar-refractivity contribution in [1.82, 2.24) is 14.0 Å². The first-order valence-corrected chi connectivity index (χ1v) is 12.2. The Morgan fingerprint density at radius 2 is 1.16 bits per heavy atom. The van der Waals surface area contributed by atoms with Crippen molar-refractivity contribution < 1.29 is 0 Å². The van der Waals surface area contributed by atoms with Crippen molar-refractivity contribution >= 4 is 44.8 Å². The van der Waals surface area contributed by atoms with E-state index in [-0.39, 0.29) is 5.56 Å². The number of imidazole rings is 1. The fraction of sp³-hybridized carbons (Fsp3) is 0. The lowest BCUT2D eigenvalue weighted by Crippen LogP contribution is -2.15. The van der Waals surface area contributed by atoms with E-state index in [9.17, 15) is 4.79 Å². The summed E-state index contributed by atoms with van der Waals surface area (Å²) in [6, 6.07) is 44.4. The fourth-order valence-corrected chi connectivity index (χ4v) is 5.05. The number of nitrogens with zero attached hydrogens (tertiary/aromatic N) is 4. The van der Waals surface area contributed by atoms with Gasteiger partial charge < -0.3 is 4.90 Å². The lowest BCUT2D eigenvalue weighted by atomic mass is 10.1. The molecule has 37 heavy (non-hydrogen) atoms. The number of aromatic nitrogens is 3. The average Bonchev–Trinajstić information content (AvgIpc) is 3.28. The molecule has 7 aromatic rings. The second-order valence-corrected chi connectivity index (χ2v) is 8.92. The van der Waals surface area contributed by atoms with Gasteiger partial charge in [-0.3, -0.25) is 9.36 Å². The van der Waals surface area contributed by atoms with Crippen molar-refractivity contribution in [3.8, 4) is 5.69 Å². The third kappa shape index (κ3) is 3.40. The molecule has 0 spiro atoms. The van der Waals surface area contributed by atoms with Crippen LogP contribution < -0.4 is 10.5 Å². The lowest BCUT2D eigenvalue weighted by Gasteiger charge is -2.25. The number of fused-ring (bicyclic) bond motifs is 4. The summed E-state index contributed by atoms with van der Waals surface area (Å²) in [5, 5.41) is 0.598. The van der Waals surface area contributed by atoms with E-state index in [1.807, 2.05) is 91.0 Å². The minimum atomic E-state index is -0.0802. The van der Waals surface area contributed by atoms with Crippen LogP contribution in [0.15, 0.2) is 138 Å². The Kier molecular flexibility index (Phi) is 4.86. The highest BCUT2D eigenvalue weighted by atomic mass is 16.1. The summed E-state index contributed by atoms with van der Waals surface area (Å²) in [6.07, 6.45) is 0. The minimum Gasteiger partial charge on any atom is -0.310 e. The summed E-state index contributed by atoms with van der Waals surface area (Å²) in [4.78, 5) is 21.0. The predicted molar refractivity (Wildman–Crippen MR) is 150 cm³/mol. The molecule has 2 aromatic heterocycles. The van der Waals surface area contributed by atoms with Crippen LogP contribution in [0.25, 0.3) is 33.4 Å². The molecule has 0 atom stereocenters. The van der Waals surface area contributed by atoms with Crippen LogP contribution in [-0.4, -0.2) is 14.0 Å². The van der Waals surface area contributed by atoms with E-state index in [0.29, 0.717) is 16.7 Å². The number of hydrogen-bond acceptors (Lipinski definition) is 3. The maximum absolute atomic E-state index is 13.9. The van der Waals surface area contributed by atoms with Crippen molar-refractivity contribution in [1.29, 1.82) is 0 Å². The van der Waals surface area contributed by atoms with E-state index < -0.39 is 0 Å². The predicted octanol–water partition coefficient (Wildman–Crippen LogP) is 7.26. The van der Waals surface area contributed by atoms with E-state index in [4.69, 9.17) is 4.98 Å². The molecule has 5 nitrogen and oxygen atoms in total.